The van der Waals surface area contributed by atoms with Gasteiger partial charge in [-0.2, -0.15) is 16.1 Å². The normalized spacial score (nSPS) is 15.8. The number of hydrogen-bond donors (Lipinski definition) is 0. The van der Waals surface area contributed by atoms with Crippen LogP contribution in [0.3, 0.4) is 0 Å². The lowest BCUT2D eigenvalue weighted by Gasteiger charge is -2.26. The number of para-hydroxylation sites is 1. The standard InChI is InChI=1S/C18H19N3O3S4/c1-20(12-16-19-13-4-2-3-5-14(13)27-16)18(22)17-15(6-9-26-17)28(23,24)21-7-10-25-11-8-21/h2-6,9H,7-8,10-12H2,1H3. The summed E-state index contributed by atoms with van der Waals surface area (Å²) in [7, 11) is -1.97. The van der Waals surface area contributed by atoms with Gasteiger partial charge in [0.2, 0.25) is 10.0 Å². The number of rotatable bonds is 5. The first-order valence-corrected chi connectivity index (χ1v) is 13.0. The Balaban J connectivity index is 1.55. The maximum atomic E-state index is 13.0. The molecular formula is C18H19N3O3S4. The molecule has 28 heavy (non-hydrogen) atoms. The summed E-state index contributed by atoms with van der Waals surface area (Å²) in [5.41, 5.74) is 0.908. The van der Waals surface area contributed by atoms with Gasteiger partial charge in [0.25, 0.3) is 5.91 Å². The van der Waals surface area contributed by atoms with Crippen molar-refractivity contribution in [1.82, 2.24) is 14.2 Å². The summed E-state index contributed by atoms with van der Waals surface area (Å²) in [6.07, 6.45) is 0. The Bertz CT molecular complexity index is 1070. The number of carbonyl (C=O) groups is 1. The molecular weight excluding hydrogens is 434 g/mol. The third kappa shape index (κ3) is 3.84. The molecule has 0 unspecified atom stereocenters. The third-order valence-corrected chi connectivity index (χ3v) is 9.40. The van der Waals surface area contributed by atoms with E-state index < -0.39 is 10.0 Å². The van der Waals surface area contributed by atoms with Crippen LogP contribution in [-0.2, 0) is 16.6 Å². The highest BCUT2D eigenvalue weighted by Gasteiger charge is 2.32. The minimum absolute atomic E-state index is 0.116. The quantitative estimate of drug-likeness (QED) is 0.592. The molecule has 0 N–H and O–H groups in total. The highest BCUT2D eigenvalue weighted by atomic mass is 32.2. The van der Waals surface area contributed by atoms with Crippen molar-refractivity contribution in [3.05, 3.63) is 45.6 Å². The van der Waals surface area contributed by atoms with Gasteiger partial charge < -0.3 is 4.90 Å². The largest absolute Gasteiger partial charge is 0.334 e. The third-order valence-electron chi connectivity index (χ3n) is 4.47. The number of fused-ring (bicyclic) bond motifs is 1. The zero-order chi connectivity index (χ0) is 19.7. The van der Waals surface area contributed by atoms with Crippen molar-refractivity contribution in [3.8, 4) is 0 Å². The average molecular weight is 454 g/mol. The molecule has 1 aliphatic heterocycles. The van der Waals surface area contributed by atoms with Crippen LogP contribution < -0.4 is 0 Å². The fraction of sp³-hybridized carbons (Fsp3) is 0.333. The van der Waals surface area contributed by atoms with Gasteiger partial charge in [0.15, 0.2) is 0 Å². The van der Waals surface area contributed by atoms with Crippen molar-refractivity contribution in [2.24, 2.45) is 0 Å². The van der Waals surface area contributed by atoms with Crippen LogP contribution in [-0.4, -0.2) is 60.2 Å². The van der Waals surface area contributed by atoms with E-state index >= 15 is 0 Å². The van der Waals surface area contributed by atoms with Crippen LogP contribution in [0.2, 0.25) is 0 Å². The molecule has 2 aromatic heterocycles. The first kappa shape index (κ1) is 19.8. The second-order valence-corrected chi connectivity index (χ2v) is 11.5. The topological polar surface area (TPSA) is 70.6 Å². The number of sulfonamides is 1. The molecule has 0 saturated carbocycles. The van der Waals surface area contributed by atoms with Gasteiger partial charge in [-0.05, 0) is 23.6 Å². The van der Waals surface area contributed by atoms with Crippen molar-refractivity contribution < 1.29 is 13.2 Å². The Kier molecular flexibility index (Phi) is 5.75. The van der Waals surface area contributed by atoms with E-state index in [2.05, 4.69) is 4.98 Å². The summed E-state index contributed by atoms with van der Waals surface area (Å²) in [6.45, 7) is 1.31. The number of thiophene rings is 1. The van der Waals surface area contributed by atoms with Crippen LogP contribution in [0.4, 0.5) is 0 Å². The van der Waals surface area contributed by atoms with Gasteiger partial charge in [0.05, 0.1) is 16.8 Å². The maximum absolute atomic E-state index is 13.0. The van der Waals surface area contributed by atoms with Crippen molar-refractivity contribution in [3.63, 3.8) is 0 Å². The van der Waals surface area contributed by atoms with Gasteiger partial charge in [0.1, 0.15) is 14.8 Å². The molecule has 148 valence electrons. The number of thioether (sulfide) groups is 1. The molecule has 3 aromatic rings. The van der Waals surface area contributed by atoms with Crippen molar-refractivity contribution in [2.75, 3.05) is 31.6 Å². The van der Waals surface area contributed by atoms with E-state index in [1.54, 1.807) is 41.6 Å². The zero-order valence-electron chi connectivity index (χ0n) is 15.2. The molecule has 3 heterocycles. The fourth-order valence-corrected chi connectivity index (χ4v) is 8.00. The number of hydrogen-bond acceptors (Lipinski definition) is 7. The lowest BCUT2D eigenvalue weighted by molar-refractivity contribution is 0.0786. The number of benzene rings is 1. The average Bonchev–Trinajstić information content (AvgIpc) is 3.35. The maximum Gasteiger partial charge on any atom is 0.265 e. The Labute approximate surface area is 176 Å². The van der Waals surface area contributed by atoms with Crippen LogP contribution >= 0.6 is 34.4 Å². The first-order chi connectivity index (χ1) is 13.5. The van der Waals surface area contributed by atoms with Crippen LogP contribution in [0.5, 0.6) is 0 Å². The molecule has 0 atom stereocenters. The molecule has 0 radical (unpaired) electrons. The molecule has 1 aromatic carbocycles. The van der Waals surface area contributed by atoms with Gasteiger partial charge in [-0.3, -0.25) is 4.79 Å². The molecule has 4 rings (SSSR count). The SMILES string of the molecule is CN(Cc1nc2ccccc2s1)C(=O)c1sccc1S(=O)(=O)N1CCSCC1. The van der Waals surface area contributed by atoms with Crippen LogP contribution in [0.25, 0.3) is 10.2 Å². The van der Waals surface area contributed by atoms with E-state index in [1.807, 2.05) is 24.3 Å². The second kappa shape index (κ2) is 8.11. The fourth-order valence-electron chi connectivity index (χ4n) is 3.02. The zero-order valence-corrected chi connectivity index (χ0v) is 18.5. The lowest BCUT2D eigenvalue weighted by Crippen LogP contribution is -2.38. The molecule has 1 fully saturated rings. The van der Waals surface area contributed by atoms with Crippen LogP contribution in [0.15, 0.2) is 40.6 Å². The summed E-state index contributed by atoms with van der Waals surface area (Å²) in [5.74, 6) is 1.27. The smallest absolute Gasteiger partial charge is 0.265 e. The number of aromatic nitrogens is 1. The van der Waals surface area contributed by atoms with Crippen LogP contribution in [0, 0.1) is 0 Å². The highest BCUT2D eigenvalue weighted by Crippen LogP contribution is 2.29. The molecule has 6 nitrogen and oxygen atoms in total. The number of nitrogens with zero attached hydrogens (tertiary/aromatic N) is 3. The monoisotopic (exact) mass is 453 g/mol. The van der Waals surface area contributed by atoms with Crippen LogP contribution in [0.1, 0.15) is 14.7 Å². The Morgan fingerprint density at radius 1 is 1.21 bits per heavy atom. The van der Waals surface area contributed by atoms with E-state index in [1.165, 1.54) is 20.5 Å². The minimum Gasteiger partial charge on any atom is -0.334 e. The highest BCUT2D eigenvalue weighted by molar-refractivity contribution is 7.99. The van der Waals surface area contributed by atoms with E-state index in [9.17, 15) is 13.2 Å². The van der Waals surface area contributed by atoms with E-state index in [4.69, 9.17) is 0 Å². The van der Waals surface area contributed by atoms with E-state index in [0.717, 1.165) is 26.7 Å². The van der Waals surface area contributed by atoms with E-state index in [0.29, 0.717) is 19.6 Å². The molecule has 10 heteroatoms. The molecule has 1 aliphatic rings. The van der Waals surface area contributed by atoms with Gasteiger partial charge in [-0.1, -0.05) is 12.1 Å². The predicted octanol–water partition coefficient (Wildman–Crippen LogP) is 3.37. The molecule has 1 saturated heterocycles. The van der Waals surface area contributed by atoms with Crippen molar-refractivity contribution in [2.45, 2.75) is 11.4 Å². The van der Waals surface area contributed by atoms with Gasteiger partial charge >= 0.3 is 0 Å². The lowest BCUT2D eigenvalue weighted by atomic mass is 10.3. The van der Waals surface area contributed by atoms with Crippen molar-refractivity contribution in [1.29, 1.82) is 0 Å². The number of thiazole rings is 1. The Morgan fingerprint density at radius 3 is 2.71 bits per heavy atom. The summed E-state index contributed by atoms with van der Waals surface area (Å²) >= 11 is 4.46. The molecule has 0 aliphatic carbocycles. The van der Waals surface area contributed by atoms with Gasteiger partial charge in [0, 0.05) is 31.6 Å². The number of carbonyl (C=O) groups excluding carboxylic acids is 1. The van der Waals surface area contributed by atoms with Gasteiger partial charge in [-0.15, -0.1) is 22.7 Å². The molecule has 0 spiro atoms. The minimum atomic E-state index is -3.65. The second-order valence-electron chi connectivity index (χ2n) is 6.37. The molecule has 1 amide bonds. The first-order valence-electron chi connectivity index (χ1n) is 8.72. The Hall–Kier alpha value is -1.46. The van der Waals surface area contributed by atoms with Gasteiger partial charge in [-0.25, -0.2) is 13.4 Å². The Morgan fingerprint density at radius 2 is 1.96 bits per heavy atom. The predicted molar refractivity (Wildman–Crippen MR) is 116 cm³/mol. The summed E-state index contributed by atoms with van der Waals surface area (Å²) in [5, 5.41) is 2.50. The van der Waals surface area contributed by atoms with E-state index in [-0.39, 0.29) is 15.7 Å². The van der Waals surface area contributed by atoms with Crippen molar-refractivity contribution >= 4 is 60.6 Å². The molecule has 0 bridgehead atoms. The number of amides is 1. The summed E-state index contributed by atoms with van der Waals surface area (Å²) in [4.78, 5) is 19.5. The summed E-state index contributed by atoms with van der Waals surface area (Å²) < 4.78 is 28.6. The summed E-state index contributed by atoms with van der Waals surface area (Å²) in [6, 6.07) is 9.38.